The third kappa shape index (κ3) is 65.9. The van der Waals surface area contributed by atoms with E-state index in [0.29, 0.717) is 11.5 Å². The van der Waals surface area contributed by atoms with Gasteiger partial charge in [0.1, 0.15) is 30.2 Å². The van der Waals surface area contributed by atoms with Gasteiger partial charge in [-0.25, -0.2) is 0 Å². The van der Waals surface area contributed by atoms with Gasteiger partial charge >= 0.3 is 35.8 Å². The molecule has 0 spiro atoms. The molecular formula is C43H101N9O16S4. The van der Waals surface area contributed by atoms with Gasteiger partial charge in [-0.05, 0) is 32.1 Å². The lowest BCUT2D eigenvalue weighted by molar-refractivity contribution is -0.141. The molecule has 0 saturated carbocycles. The molecule has 438 valence electrons. The molecule has 0 rings (SSSR count). The third-order valence-corrected chi connectivity index (χ3v) is 12.0. The molecule has 0 aromatic carbocycles. The van der Waals surface area contributed by atoms with Gasteiger partial charge < -0.3 is 80.6 Å². The highest BCUT2D eigenvalue weighted by atomic mass is 33.1. The first-order valence-electron chi connectivity index (χ1n) is 18.7. The summed E-state index contributed by atoms with van der Waals surface area (Å²) in [5, 5.41) is 61.7. The highest BCUT2D eigenvalue weighted by molar-refractivity contribution is 8.77. The summed E-state index contributed by atoms with van der Waals surface area (Å²) in [7, 11) is 6.26. The van der Waals surface area contributed by atoms with E-state index in [4.69, 9.17) is 59.3 Å². The first-order valence-corrected chi connectivity index (χ1v) is 23.7. The van der Waals surface area contributed by atoms with Gasteiger partial charge in [0, 0.05) is 81.3 Å². The molecule has 72 heavy (non-hydrogen) atoms. The van der Waals surface area contributed by atoms with Crippen molar-refractivity contribution in [3.8, 4) is 0 Å². The molecule has 0 fully saturated rings. The smallest absolute Gasteiger partial charge is 0.320 e. The number of carbonyl (C=O) groups excluding carboxylic acids is 4. The van der Waals surface area contributed by atoms with Crippen LogP contribution in [0.25, 0.3) is 0 Å². The topological polar surface area (TPSA) is 470 Å². The van der Waals surface area contributed by atoms with Gasteiger partial charge in [-0.2, -0.15) is 0 Å². The van der Waals surface area contributed by atoms with E-state index < -0.39 is 89.7 Å². The van der Waals surface area contributed by atoms with E-state index in [-0.39, 0.29) is 152 Å². The number of hydrogen-bond donors (Lipinski definition) is 15. The fourth-order valence-electron chi connectivity index (χ4n) is 3.84. The summed E-state index contributed by atoms with van der Waals surface area (Å²) in [6, 6.07) is -5.85. The molecule has 0 saturated heterocycles. The van der Waals surface area contributed by atoms with Crippen molar-refractivity contribution in [2.75, 3.05) is 49.2 Å². The van der Waals surface area contributed by atoms with Crippen LogP contribution in [-0.2, 0) is 47.9 Å². The lowest BCUT2D eigenvalue weighted by Gasteiger charge is -2.18. The fourth-order valence-corrected chi connectivity index (χ4v) is 7.37. The van der Waals surface area contributed by atoms with Gasteiger partial charge in [0.15, 0.2) is 0 Å². The number of nitrogens with one attached hydrogen (secondary N) is 4. The molecule has 0 aromatic rings. The molecule has 0 bridgehead atoms. The summed E-state index contributed by atoms with van der Waals surface area (Å²) in [6.07, 6.45) is -2.20. The molecule has 0 aromatic heterocycles. The van der Waals surface area contributed by atoms with E-state index in [0.717, 1.165) is 24.6 Å². The molecule has 4 amide bonds. The second-order valence-corrected chi connectivity index (χ2v) is 17.8. The predicted molar refractivity (Wildman–Crippen MR) is 301 cm³/mol. The number of carbonyl (C=O) groups is 10. The summed E-state index contributed by atoms with van der Waals surface area (Å²) in [4.78, 5) is 112. The molecule has 0 aliphatic rings. The largest absolute Gasteiger partial charge is 0.481 e. The zero-order valence-electron chi connectivity index (χ0n) is 33.9. The Hall–Kier alpha value is -4.10. The van der Waals surface area contributed by atoms with Crippen LogP contribution in [0.3, 0.4) is 0 Å². The van der Waals surface area contributed by atoms with Crippen LogP contribution in [0.4, 0.5) is 0 Å². The molecule has 29 heteroatoms. The molecule has 5 atom stereocenters. The van der Waals surface area contributed by atoms with Gasteiger partial charge in [0.25, 0.3) is 0 Å². The van der Waals surface area contributed by atoms with E-state index in [9.17, 15) is 47.9 Å². The Kier molecular flexibility index (Phi) is 90.9. The zero-order chi connectivity index (χ0) is 48.0. The quantitative estimate of drug-likeness (QED) is 0.0323. The predicted octanol–water partition coefficient (Wildman–Crippen LogP) is 3.59. The minimum absolute atomic E-state index is 0. The number of amides is 4. The monoisotopic (exact) mass is 1130 g/mol. The number of rotatable bonds is 34. The second kappa shape index (κ2) is 64.9. The normalized spacial score (nSPS) is 11.0. The number of carboxylic acids is 6. The highest BCUT2D eigenvalue weighted by Gasteiger charge is 2.24. The molecule has 5 unspecified atom stereocenters. The summed E-state index contributed by atoms with van der Waals surface area (Å²) in [6.45, 7) is 1.87. The van der Waals surface area contributed by atoms with E-state index in [1.165, 1.54) is 21.6 Å². The molecule has 20 N–H and O–H groups in total. The maximum Gasteiger partial charge on any atom is 0.320 e. The number of hydrogen-bond acceptors (Lipinski definition) is 19. The minimum atomic E-state index is -1.28. The van der Waals surface area contributed by atoms with Crippen LogP contribution in [0.2, 0.25) is 0 Å². The minimum Gasteiger partial charge on any atom is -0.481 e. The van der Waals surface area contributed by atoms with Crippen LogP contribution < -0.4 is 49.9 Å². The first-order chi connectivity index (χ1) is 29.1. The van der Waals surface area contributed by atoms with Crippen molar-refractivity contribution in [3.63, 3.8) is 0 Å². The Balaban J connectivity index is -0.0000000960. The van der Waals surface area contributed by atoms with Crippen molar-refractivity contribution in [3.05, 3.63) is 0 Å². The average Bonchev–Trinajstić information content (AvgIpc) is 3.20. The Morgan fingerprint density at radius 3 is 0.847 bits per heavy atom. The van der Waals surface area contributed by atoms with Gasteiger partial charge in [-0.1, -0.05) is 117 Å². The van der Waals surface area contributed by atoms with E-state index in [1.54, 1.807) is 21.6 Å². The van der Waals surface area contributed by atoms with Crippen LogP contribution >= 0.6 is 43.2 Å². The molecular weight excluding hydrogens is 1030 g/mol. The van der Waals surface area contributed by atoms with Gasteiger partial charge in [-0.15, -0.1) is 0 Å². The Morgan fingerprint density at radius 1 is 0.375 bits per heavy atom. The van der Waals surface area contributed by atoms with Gasteiger partial charge in [-0.3, -0.25) is 47.9 Å². The first kappa shape index (κ1) is 101. The van der Waals surface area contributed by atoms with Gasteiger partial charge in [0.2, 0.25) is 23.6 Å². The number of aliphatic carboxylic acids is 6. The summed E-state index contributed by atoms with van der Waals surface area (Å²) < 4.78 is 0. The Labute approximate surface area is 447 Å². The van der Waals surface area contributed by atoms with Gasteiger partial charge in [0.05, 0.1) is 0 Å². The lowest BCUT2D eigenvalue weighted by atomic mass is 10.1. The summed E-state index contributed by atoms with van der Waals surface area (Å²) >= 11 is 0. The van der Waals surface area contributed by atoms with E-state index in [1.807, 2.05) is 0 Å². The summed E-state index contributed by atoms with van der Waals surface area (Å²) in [5.41, 5.74) is 26.2. The zero-order valence-corrected chi connectivity index (χ0v) is 37.2. The van der Waals surface area contributed by atoms with Crippen molar-refractivity contribution in [1.82, 2.24) is 21.3 Å². The lowest BCUT2D eigenvalue weighted by Crippen LogP contribution is -2.47. The molecule has 0 aliphatic carbocycles. The SMILES string of the molecule is C.C.C.C.C.C.C.C.C.C.NC(CCC(=O)NC(CCC(=O)O)C(=O)NCCSSCCNC(=O)C(CCC(=O)O)NC(=O)CCC(N)C(=O)O)C(=O)O.NC(CCC(=O)O)C(=O)O.NCCSSCCN. The van der Waals surface area contributed by atoms with Crippen LogP contribution in [0, 0.1) is 0 Å². The molecule has 0 heterocycles. The van der Waals surface area contributed by atoms with Crippen LogP contribution in [0.15, 0.2) is 0 Å². The van der Waals surface area contributed by atoms with Crippen LogP contribution in [0.1, 0.15) is 138 Å². The fraction of sp³-hybridized carbons (Fsp3) is 0.767. The van der Waals surface area contributed by atoms with Crippen LogP contribution in [0.5, 0.6) is 0 Å². The Morgan fingerprint density at radius 2 is 0.611 bits per heavy atom. The van der Waals surface area contributed by atoms with E-state index in [2.05, 4.69) is 21.3 Å². The Bertz CT molecular complexity index is 1330. The third-order valence-electron chi connectivity index (χ3n) is 7.12. The maximum atomic E-state index is 12.5. The van der Waals surface area contributed by atoms with Crippen molar-refractivity contribution >= 4 is 103 Å². The number of nitrogens with two attached hydrogens (primary N) is 5. The average molecular weight is 1130 g/mol. The molecule has 25 nitrogen and oxygen atoms in total. The number of carboxylic acid groups (broad SMARTS) is 6. The van der Waals surface area contributed by atoms with Crippen molar-refractivity contribution in [1.29, 1.82) is 0 Å². The van der Waals surface area contributed by atoms with Crippen molar-refractivity contribution < 1.29 is 78.6 Å². The van der Waals surface area contributed by atoms with Crippen molar-refractivity contribution in [2.45, 2.75) is 169 Å². The molecule has 0 radical (unpaired) electrons. The van der Waals surface area contributed by atoms with Crippen molar-refractivity contribution in [2.24, 2.45) is 28.7 Å². The standard InChI is InChI=1S/C24H40N6O12S2.C5H9NO4.C4H12N2S2.10CH4/c25-13(23(39)40)1-5-17(31)29-15(3-7-19(33)34)21(37)27-9-11-43-44-12-10-28-22(38)16(4-8-20(35)36)30-18(32)6-2-14(26)24(41)42;6-3(5(9)10)1-2-4(7)8;5-1-3-7-8-4-2-6;;;;;;;;;;/h13-16H,1-12,25-26H2,(H,27,37)(H,28,38)(H,29,31)(H,30,32)(H,33,34)(H,35,36)(H,39,40)(H,41,42);3H,1-2,6H2,(H,7,8)(H,9,10);1-6H2;10*1H4. The summed E-state index contributed by atoms with van der Waals surface area (Å²) in [5.74, 6) is -6.72. The van der Waals surface area contributed by atoms with E-state index >= 15 is 0 Å². The molecule has 0 aliphatic heterocycles. The highest BCUT2D eigenvalue weighted by Crippen LogP contribution is 2.19. The second-order valence-electron chi connectivity index (χ2n) is 12.4. The van der Waals surface area contributed by atoms with Crippen LogP contribution in [-0.4, -0.2) is 169 Å². The maximum absolute atomic E-state index is 12.5.